The van der Waals surface area contributed by atoms with E-state index in [9.17, 15) is 14.0 Å². The maximum Gasteiger partial charge on any atom is 0.233 e. The zero-order valence-electron chi connectivity index (χ0n) is 15.8. The maximum absolute atomic E-state index is 12.9. The largest absolute Gasteiger partial charge is 0.383 e. The second-order valence-electron chi connectivity index (χ2n) is 6.64. The van der Waals surface area contributed by atoms with E-state index >= 15 is 0 Å². The topological polar surface area (TPSA) is 102 Å². The number of rotatable bonds is 5. The minimum absolute atomic E-state index is 0.354. The number of anilines is 3. The van der Waals surface area contributed by atoms with Crippen molar-refractivity contribution in [2.24, 2.45) is 0 Å². The molecule has 4 N–H and O–H groups in total. The highest BCUT2D eigenvalue weighted by molar-refractivity contribution is 6.08. The molecule has 0 atom stereocenters. The van der Waals surface area contributed by atoms with Gasteiger partial charge in [0.25, 0.3) is 0 Å². The van der Waals surface area contributed by atoms with E-state index in [0.29, 0.717) is 17.2 Å². The number of fused-ring (bicyclic) bond motifs is 1. The Bertz CT molecular complexity index is 1220. The number of pyridine rings is 1. The first-order valence-corrected chi connectivity index (χ1v) is 9.17. The predicted molar refractivity (Wildman–Crippen MR) is 114 cm³/mol. The molecule has 0 saturated heterocycles. The van der Waals surface area contributed by atoms with Crippen LogP contribution >= 0.6 is 0 Å². The van der Waals surface area contributed by atoms with Gasteiger partial charge in [-0.2, -0.15) is 0 Å². The van der Waals surface area contributed by atoms with Gasteiger partial charge in [0.2, 0.25) is 11.8 Å². The van der Waals surface area contributed by atoms with Crippen LogP contribution in [0.15, 0.2) is 73.1 Å². The fourth-order valence-electron chi connectivity index (χ4n) is 3.11. The van der Waals surface area contributed by atoms with Crippen LogP contribution in [0, 0.1) is 5.82 Å². The summed E-state index contributed by atoms with van der Waals surface area (Å²) < 4.78 is 14.9. The lowest BCUT2D eigenvalue weighted by Gasteiger charge is -2.09. The molecule has 2 aromatic carbocycles. The van der Waals surface area contributed by atoms with Crippen molar-refractivity contribution in [3.8, 4) is 5.69 Å². The smallest absolute Gasteiger partial charge is 0.233 e. The third-order valence-electron chi connectivity index (χ3n) is 4.53. The first kappa shape index (κ1) is 19.1. The Hall–Kier alpha value is -4.20. The lowest BCUT2D eigenvalue weighted by atomic mass is 10.2. The molecule has 0 aliphatic carbocycles. The molecule has 2 aromatic heterocycles. The summed E-state index contributed by atoms with van der Waals surface area (Å²) in [5.74, 6) is -0.871. The molecule has 2 heterocycles. The van der Waals surface area contributed by atoms with Gasteiger partial charge < -0.3 is 20.9 Å². The molecule has 4 rings (SSSR count). The number of hydrogen-bond donors (Lipinski definition) is 3. The molecule has 0 fully saturated rings. The fraction of sp³-hybridized carbons (Fsp3) is 0.0455. The predicted octanol–water partition coefficient (Wildman–Crippen LogP) is 3.71. The SMILES string of the molecule is Nc1nccc2c1ccn2-c1ccc(NC(=O)CC(=O)Nc2ccc(F)cc2)cc1. The third kappa shape index (κ3) is 4.12. The van der Waals surface area contributed by atoms with Crippen LogP contribution in [0.2, 0.25) is 0 Å². The zero-order chi connectivity index (χ0) is 21.1. The number of benzene rings is 2. The number of halogens is 1. The van der Waals surface area contributed by atoms with Crippen LogP contribution in [0.4, 0.5) is 21.6 Å². The Morgan fingerprint density at radius 2 is 1.50 bits per heavy atom. The maximum atomic E-state index is 12.9. The molecule has 30 heavy (non-hydrogen) atoms. The van der Waals surface area contributed by atoms with Crippen LogP contribution in [0.1, 0.15) is 6.42 Å². The van der Waals surface area contributed by atoms with Crippen molar-refractivity contribution >= 4 is 39.9 Å². The van der Waals surface area contributed by atoms with Crippen molar-refractivity contribution in [3.05, 3.63) is 78.9 Å². The molecule has 7 nitrogen and oxygen atoms in total. The van der Waals surface area contributed by atoms with E-state index in [1.807, 2.05) is 35.0 Å². The van der Waals surface area contributed by atoms with Crippen LogP contribution in [0.5, 0.6) is 0 Å². The highest BCUT2D eigenvalue weighted by Crippen LogP contribution is 2.24. The Kier molecular flexibility index (Phi) is 5.13. The van der Waals surface area contributed by atoms with E-state index in [-0.39, 0.29) is 6.42 Å². The van der Waals surface area contributed by atoms with E-state index in [4.69, 9.17) is 5.73 Å². The van der Waals surface area contributed by atoms with E-state index < -0.39 is 17.6 Å². The number of carbonyl (C=O) groups excluding carboxylic acids is 2. The van der Waals surface area contributed by atoms with Crippen molar-refractivity contribution in [1.29, 1.82) is 0 Å². The second kappa shape index (κ2) is 8.04. The van der Waals surface area contributed by atoms with Gasteiger partial charge in [0, 0.05) is 34.8 Å². The van der Waals surface area contributed by atoms with E-state index in [2.05, 4.69) is 15.6 Å². The number of aromatic nitrogens is 2. The van der Waals surface area contributed by atoms with Gasteiger partial charge in [0.1, 0.15) is 18.1 Å². The number of nitrogen functional groups attached to an aromatic ring is 1. The Labute approximate surface area is 171 Å². The van der Waals surface area contributed by atoms with Gasteiger partial charge in [-0.3, -0.25) is 9.59 Å². The van der Waals surface area contributed by atoms with Gasteiger partial charge in [-0.1, -0.05) is 0 Å². The van der Waals surface area contributed by atoms with Crippen molar-refractivity contribution < 1.29 is 14.0 Å². The number of carbonyl (C=O) groups is 2. The highest BCUT2D eigenvalue weighted by Gasteiger charge is 2.11. The monoisotopic (exact) mass is 403 g/mol. The molecule has 0 unspecified atom stereocenters. The summed E-state index contributed by atoms with van der Waals surface area (Å²) in [7, 11) is 0. The highest BCUT2D eigenvalue weighted by atomic mass is 19.1. The normalized spacial score (nSPS) is 10.7. The average Bonchev–Trinajstić information content (AvgIpc) is 3.16. The van der Waals surface area contributed by atoms with Crippen LogP contribution < -0.4 is 16.4 Å². The molecular formula is C22H18FN5O2. The Morgan fingerprint density at radius 1 is 0.900 bits per heavy atom. The Morgan fingerprint density at radius 3 is 2.13 bits per heavy atom. The van der Waals surface area contributed by atoms with E-state index in [1.54, 1.807) is 18.3 Å². The van der Waals surface area contributed by atoms with Gasteiger partial charge in [0.05, 0.1) is 5.52 Å². The van der Waals surface area contributed by atoms with Gasteiger partial charge in [-0.25, -0.2) is 9.37 Å². The van der Waals surface area contributed by atoms with Gasteiger partial charge in [0.15, 0.2) is 0 Å². The Balaban J connectivity index is 1.39. The van der Waals surface area contributed by atoms with Crippen LogP contribution in [0.3, 0.4) is 0 Å². The van der Waals surface area contributed by atoms with Crippen LogP contribution in [-0.2, 0) is 9.59 Å². The lowest BCUT2D eigenvalue weighted by molar-refractivity contribution is -0.123. The number of nitrogens with one attached hydrogen (secondary N) is 2. The summed E-state index contributed by atoms with van der Waals surface area (Å²) in [5, 5.41) is 6.10. The number of hydrogen-bond acceptors (Lipinski definition) is 4. The summed E-state index contributed by atoms with van der Waals surface area (Å²) in [5.41, 5.74) is 8.71. The van der Waals surface area contributed by atoms with Gasteiger partial charge in [-0.15, -0.1) is 0 Å². The molecule has 0 radical (unpaired) electrons. The molecule has 0 bridgehead atoms. The third-order valence-corrected chi connectivity index (χ3v) is 4.53. The first-order valence-electron chi connectivity index (χ1n) is 9.17. The fourth-order valence-corrected chi connectivity index (χ4v) is 3.11. The number of nitrogens with two attached hydrogens (primary N) is 1. The average molecular weight is 403 g/mol. The molecule has 0 spiro atoms. The first-order chi connectivity index (χ1) is 14.5. The molecule has 150 valence electrons. The minimum atomic E-state index is -0.485. The number of amides is 2. The van der Waals surface area contributed by atoms with Crippen molar-refractivity contribution in [2.75, 3.05) is 16.4 Å². The zero-order valence-corrected chi connectivity index (χ0v) is 15.8. The van der Waals surface area contributed by atoms with Crippen molar-refractivity contribution in [2.45, 2.75) is 6.42 Å². The molecule has 0 aliphatic heterocycles. The summed E-state index contributed by atoms with van der Waals surface area (Å²) in [6, 6.07) is 16.3. The van der Waals surface area contributed by atoms with Gasteiger partial charge >= 0.3 is 0 Å². The molecular weight excluding hydrogens is 385 g/mol. The summed E-state index contributed by atoms with van der Waals surface area (Å²) in [6.07, 6.45) is 3.20. The van der Waals surface area contributed by atoms with Crippen molar-refractivity contribution in [1.82, 2.24) is 9.55 Å². The molecule has 2 amide bonds. The van der Waals surface area contributed by atoms with Crippen LogP contribution in [0.25, 0.3) is 16.6 Å². The molecule has 0 saturated carbocycles. The van der Waals surface area contributed by atoms with Crippen molar-refractivity contribution in [3.63, 3.8) is 0 Å². The number of nitrogens with zero attached hydrogens (tertiary/aromatic N) is 2. The van der Waals surface area contributed by atoms with Gasteiger partial charge in [-0.05, 0) is 60.7 Å². The molecule has 0 aliphatic rings. The summed E-state index contributed by atoms with van der Waals surface area (Å²) in [6.45, 7) is 0. The standard InChI is InChI=1S/C22H18FN5O2/c23-14-1-3-15(4-2-14)26-20(29)13-21(30)27-16-5-7-17(8-6-16)28-12-10-18-19(28)9-11-25-22(18)24/h1-12H,13H2,(H2,24,25)(H,26,29)(H,27,30). The quantitative estimate of drug-likeness (QED) is 0.442. The summed E-state index contributed by atoms with van der Waals surface area (Å²) in [4.78, 5) is 28.2. The second-order valence-corrected chi connectivity index (χ2v) is 6.64. The van der Waals surface area contributed by atoms with E-state index in [1.165, 1.54) is 24.3 Å². The summed E-state index contributed by atoms with van der Waals surface area (Å²) >= 11 is 0. The molecule has 4 aromatic rings. The molecule has 8 heteroatoms. The lowest BCUT2D eigenvalue weighted by Crippen LogP contribution is -2.21. The van der Waals surface area contributed by atoms with Crippen LogP contribution in [-0.4, -0.2) is 21.4 Å². The minimum Gasteiger partial charge on any atom is -0.383 e. The van der Waals surface area contributed by atoms with E-state index in [0.717, 1.165) is 16.6 Å².